The van der Waals surface area contributed by atoms with Crippen molar-refractivity contribution in [2.45, 2.75) is 71.9 Å². The second-order valence-corrected chi connectivity index (χ2v) is 5.82. The minimum absolute atomic E-state index is 0.0546. The Hall–Kier alpha value is -0.660. The average Bonchev–Trinajstić information content (AvgIpc) is 2.17. The number of rotatable bonds is 7. The van der Waals surface area contributed by atoms with Crippen LogP contribution in [0, 0.1) is 5.92 Å². The summed E-state index contributed by atoms with van der Waals surface area (Å²) in [4.78, 5) is 8.81. The van der Waals surface area contributed by atoms with Gasteiger partial charge >= 0.3 is 0 Å². The van der Waals surface area contributed by atoms with Gasteiger partial charge in [-0.2, -0.15) is 0 Å². The first-order valence-corrected chi connectivity index (χ1v) is 6.26. The van der Waals surface area contributed by atoms with E-state index in [-0.39, 0.29) is 11.1 Å². The molecule has 0 radical (unpaired) electrons. The molecule has 2 heteroatoms. The highest BCUT2D eigenvalue weighted by molar-refractivity contribution is 5.58. The molecule has 0 spiro atoms. The molecule has 2 nitrogen and oxygen atoms in total. The molecule has 16 heavy (non-hydrogen) atoms. The van der Waals surface area contributed by atoms with Crippen LogP contribution >= 0.6 is 0 Å². The lowest BCUT2D eigenvalue weighted by molar-refractivity contribution is 0.361. The van der Waals surface area contributed by atoms with Gasteiger partial charge < -0.3 is 0 Å². The second kappa shape index (κ2) is 6.17. The van der Waals surface area contributed by atoms with Crippen molar-refractivity contribution in [3.8, 4) is 0 Å². The van der Waals surface area contributed by atoms with Gasteiger partial charge in [0.15, 0.2) is 0 Å². The molecule has 0 saturated heterocycles. The molecule has 1 atom stereocenters. The van der Waals surface area contributed by atoms with Crippen LogP contribution in [0.3, 0.4) is 0 Å². The highest BCUT2D eigenvalue weighted by atomic mass is 14.8. The van der Waals surface area contributed by atoms with E-state index in [4.69, 9.17) is 0 Å². The lowest BCUT2D eigenvalue weighted by Gasteiger charge is -2.26. The summed E-state index contributed by atoms with van der Waals surface area (Å²) in [5.41, 5.74) is 0.0289. The van der Waals surface area contributed by atoms with Crippen molar-refractivity contribution >= 4 is 12.9 Å². The Morgan fingerprint density at radius 1 is 1.25 bits per heavy atom. The fourth-order valence-corrected chi connectivity index (χ4v) is 1.58. The molecule has 0 aliphatic carbocycles. The Kier molecular flexibility index (Phi) is 5.91. The van der Waals surface area contributed by atoms with Crippen LogP contribution in [0.5, 0.6) is 0 Å². The largest absolute Gasteiger partial charge is 0.295 e. The van der Waals surface area contributed by atoms with Crippen molar-refractivity contribution in [3.05, 3.63) is 0 Å². The molecular formula is C14H28N2. The first-order valence-electron chi connectivity index (χ1n) is 6.26. The molecule has 1 unspecified atom stereocenters. The van der Waals surface area contributed by atoms with E-state index < -0.39 is 0 Å². The van der Waals surface area contributed by atoms with E-state index in [1.165, 1.54) is 6.42 Å². The maximum Gasteiger partial charge on any atom is 0.0573 e. The highest BCUT2D eigenvalue weighted by Gasteiger charge is 2.23. The zero-order valence-corrected chi connectivity index (χ0v) is 11.9. The molecular weight excluding hydrogens is 196 g/mol. The molecule has 0 saturated carbocycles. The summed E-state index contributed by atoms with van der Waals surface area (Å²) in [5.74, 6) is 0.478. The summed E-state index contributed by atoms with van der Waals surface area (Å²) in [6, 6.07) is 0. The summed E-state index contributed by atoms with van der Waals surface area (Å²) >= 11 is 0. The van der Waals surface area contributed by atoms with Gasteiger partial charge in [-0.15, -0.1) is 0 Å². The molecule has 0 amide bonds. The van der Waals surface area contributed by atoms with Gasteiger partial charge in [-0.05, 0) is 59.4 Å². The monoisotopic (exact) mass is 224 g/mol. The topological polar surface area (TPSA) is 24.7 Å². The van der Waals surface area contributed by atoms with Gasteiger partial charge in [-0.25, -0.2) is 0 Å². The van der Waals surface area contributed by atoms with E-state index in [9.17, 15) is 0 Å². The predicted molar refractivity (Wildman–Crippen MR) is 74.9 cm³/mol. The van der Waals surface area contributed by atoms with Crippen molar-refractivity contribution in [2.24, 2.45) is 15.9 Å². The fourth-order valence-electron chi connectivity index (χ4n) is 1.58. The molecule has 0 aliphatic rings. The molecule has 0 heterocycles. The van der Waals surface area contributed by atoms with E-state index >= 15 is 0 Å². The summed E-state index contributed by atoms with van der Waals surface area (Å²) in [6.07, 6.45) is 5.35. The zero-order valence-electron chi connectivity index (χ0n) is 11.9. The Morgan fingerprint density at radius 2 is 1.81 bits per heavy atom. The summed E-state index contributed by atoms with van der Waals surface area (Å²) < 4.78 is 0. The van der Waals surface area contributed by atoms with Gasteiger partial charge in [0.2, 0.25) is 0 Å². The Bertz CT molecular complexity index is 239. The highest BCUT2D eigenvalue weighted by Crippen LogP contribution is 2.23. The van der Waals surface area contributed by atoms with Gasteiger partial charge in [-0.3, -0.25) is 9.98 Å². The van der Waals surface area contributed by atoms with Crippen molar-refractivity contribution in [1.82, 2.24) is 0 Å². The van der Waals surface area contributed by atoms with Crippen LogP contribution in [0.2, 0.25) is 0 Å². The summed E-state index contributed by atoms with van der Waals surface area (Å²) in [6.45, 7) is 16.7. The molecule has 0 aromatic carbocycles. The molecule has 0 rings (SSSR count). The lowest BCUT2D eigenvalue weighted by atomic mass is 9.87. The van der Waals surface area contributed by atoms with Gasteiger partial charge in [-0.1, -0.05) is 20.3 Å². The molecule has 0 fully saturated rings. The number of hydrogen-bond acceptors (Lipinski definition) is 2. The first kappa shape index (κ1) is 15.3. The van der Waals surface area contributed by atoms with Crippen LogP contribution in [-0.2, 0) is 0 Å². The smallest absolute Gasteiger partial charge is 0.0573 e. The molecule has 0 aromatic rings. The van der Waals surface area contributed by atoms with E-state index in [1.807, 2.05) is 0 Å². The quantitative estimate of drug-likeness (QED) is 0.581. The van der Waals surface area contributed by atoms with E-state index in [2.05, 4.69) is 64.5 Å². The van der Waals surface area contributed by atoms with E-state index in [0.29, 0.717) is 5.92 Å². The zero-order chi connectivity index (χ0) is 12.8. The third-order valence-electron chi connectivity index (χ3n) is 3.38. The number of nitrogens with zero attached hydrogens (tertiary/aromatic N) is 2. The first-order chi connectivity index (χ1) is 7.25. The SMILES string of the molecule is C=NC(C)(C)C(C)CC=NC(C)(C)CCC. The minimum Gasteiger partial charge on any atom is -0.295 e. The Balaban J connectivity index is 4.24. The Labute approximate surface area is 101 Å². The maximum absolute atomic E-state index is 4.65. The average molecular weight is 224 g/mol. The van der Waals surface area contributed by atoms with Crippen LogP contribution in [0.25, 0.3) is 0 Å². The molecule has 0 N–H and O–H groups in total. The lowest BCUT2D eigenvalue weighted by Crippen LogP contribution is -2.27. The third-order valence-corrected chi connectivity index (χ3v) is 3.38. The van der Waals surface area contributed by atoms with E-state index in [0.717, 1.165) is 12.8 Å². The van der Waals surface area contributed by atoms with E-state index in [1.54, 1.807) is 0 Å². The number of hydrogen-bond donors (Lipinski definition) is 0. The van der Waals surface area contributed by atoms with Crippen LogP contribution in [0.15, 0.2) is 9.98 Å². The fraction of sp³-hybridized carbons (Fsp3) is 0.857. The minimum atomic E-state index is -0.0546. The van der Waals surface area contributed by atoms with Crippen LogP contribution < -0.4 is 0 Å². The molecule has 0 aliphatic heterocycles. The molecule has 0 bridgehead atoms. The van der Waals surface area contributed by atoms with Crippen molar-refractivity contribution < 1.29 is 0 Å². The summed E-state index contributed by atoms with van der Waals surface area (Å²) in [7, 11) is 0. The van der Waals surface area contributed by atoms with Gasteiger partial charge in [0.1, 0.15) is 0 Å². The van der Waals surface area contributed by atoms with Crippen molar-refractivity contribution in [2.75, 3.05) is 0 Å². The standard InChI is InChI=1S/C14H28N2/c1-8-10-13(3,4)16-11-9-12(2)14(5,6)15-7/h11-12H,7-10H2,1-6H3. The van der Waals surface area contributed by atoms with Gasteiger partial charge in [0, 0.05) is 0 Å². The van der Waals surface area contributed by atoms with Crippen LogP contribution in [-0.4, -0.2) is 24.0 Å². The maximum atomic E-state index is 4.65. The van der Waals surface area contributed by atoms with Crippen LogP contribution in [0.4, 0.5) is 0 Å². The Morgan fingerprint density at radius 3 is 2.25 bits per heavy atom. The van der Waals surface area contributed by atoms with Gasteiger partial charge in [0.25, 0.3) is 0 Å². The van der Waals surface area contributed by atoms with Crippen molar-refractivity contribution in [3.63, 3.8) is 0 Å². The third kappa shape index (κ3) is 5.43. The van der Waals surface area contributed by atoms with Gasteiger partial charge in [0.05, 0.1) is 11.1 Å². The van der Waals surface area contributed by atoms with Crippen molar-refractivity contribution in [1.29, 1.82) is 0 Å². The normalized spacial score (nSPS) is 15.4. The molecule has 0 aromatic heterocycles. The molecule has 94 valence electrons. The number of aliphatic imine (C=N–C) groups is 2. The second-order valence-electron chi connectivity index (χ2n) is 5.82. The predicted octanol–water partition coefficient (Wildman–Crippen LogP) is 4.14. The summed E-state index contributed by atoms with van der Waals surface area (Å²) in [5, 5.41) is 0. The van der Waals surface area contributed by atoms with Crippen LogP contribution in [0.1, 0.15) is 60.8 Å².